The largest absolute Gasteiger partial charge is 0.339 e. The van der Waals surface area contributed by atoms with Gasteiger partial charge in [0, 0.05) is 35.3 Å². The molecule has 9 heteroatoms. The van der Waals surface area contributed by atoms with E-state index in [1.807, 2.05) is 46.0 Å². The van der Waals surface area contributed by atoms with Gasteiger partial charge in [-0.25, -0.2) is 4.98 Å². The number of hydrogen-bond acceptors (Lipinski definition) is 5. The fraction of sp³-hybridized carbons (Fsp3) is 0.464. The molecule has 0 saturated heterocycles. The molecule has 3 aromatic rings. The van der Waals surface area contributed by atoms with Crippen LogP contribution in [0.1, 0.15) is 67.3 Å². The minimum Gasteiger partial charge on any atom is -0.339 e. The van der Waals surface area contributed by atoms with E-state index in [2.05, 4.69) is 25.7 Å². The molecule has 0 spiro atoms. The molecule has 2 aliphatic rings. The van der Waals surface area contributed by atoms with Crippen LogP contribution >= 0.6 is 11.6 Å². The minimum atomic E-state index is -0.661. The Hall–Kier alpha value is -3.26. The lowest BCUT2D eigenvalue weighted by Crippen LogP contribution is -2.50. The van der Waals surface area contributed by atoms with E-state index in [-0.39, 0.29) is 28.9 Å². The van der Waals surface area contributed by atoms with E-state index in [1.165, 1.54) is 0 Å². The van der Waals surface area contributed by atoms with Crippen LogP contribution in [0.3, 0.4) is 0 Å². The van der Waals surface area contributed by atoms with Gasteiger partial charge in [-0.15, -0.1) is 0 Å². The topological polar surface area (TPSA) is 102 Å². The molecule has 2 fully saturated rings. The maximum Gasteiger partial charge on any atom is 0.270 e. The van der Waals surface area contributed by atoms with Gasteiger partial charge < -0.3 is 10.6 Å². The van der Waals surface area contributed by atoms with Crippen molar-refractivity contribution in [2.75, 3.05) is 5.32 Å². The molecule has 5 rings (SSSR count). The van der Waals surface area contributed by atoms with E-state index in [0.717, 1.165) is 48.1 Å². The van der Waals surface area contributed by atoms with Crippen LogP contribution in [0.15, 0.2) is 36.7 Å². The van der Waals surface area contributed by atoms with E-state index in [9.17, 15) is 9.59 Å². The summed E-state index contributed by atoms with van der Waals surface area (Å²) in [6.45, 7) is 7.84. The molecule has 3 aromatic heterocycles. The normalized spacial score (nSPS) is 16.2. The second kappa shape index (κ2) is 10.2. The quantitative estimate of drug-likeness (QED) is 0.369. The van der Waals surface area contributed by atoms with Crippen LogP contribution in [0.4, 0.5) is 5.82 Å². The van der Waals surface area contributed by atoms with E-state index in [4.69, 9.17) is 11.6 Å². The van der Waals surface area contributed by atoms with Gasteiger partial charge >= 0.3 is 0 Å². The highest BCUT2D eigenvalue weighted by molar-refractivity contribution is 6.32. The number of aryl methyl sites for hydroxylation is 2. The van der Waals surface area contributed by atoms with Gasteiger partial charge in [0.05, 0.1) is 0 Å². The fourth-order valence-electron chi connectivity index (χ4n) is 5.17. The molecule has 0 radical (unpaired) electrons. The summed E-state index contributed by atoms with van der Waals surface area (Å²) in [6, 6.07) is 6.68. The maximum absolute atomic E-state index is 13.7. The number of carbonyl (C=O) groups is 2. The molecule has 3 heterocycles. The number of anilines is 1. The van der Waals surface area contributed by atoms with Gasteiger partial charge in [-0.3, -0.25) is 19.3 Å². The van der Waals surface area contributed by atoms with Gasteiger partial charge in [0.2, 0.25) is 5.91 Å². The Labute approximate surface area is 222 Å². The standard InChI is InChI=1S/C28H33ClN6O2/c1-15(2)35-22(11-12-31-35)27(36)34-25(24(18-5-6-18)19-7-8-19)28(37)33-23-10-9-20(26(29)32-23)21-13-16(3)14-30-17(21)4/h9-15,18-19,24-25H,5-8H2,1-4H3,(H,34,36)(H,32,33,37)/t25-/m0/s1. The van der Waals surface area contributed by atoms with Gasteiger partial charge in [-0.2, -0.15) is 5.10 Å². The summed E-state index contributed by atoms with van der Waals surface area (Å²) >= 11 is 6.56. The highest BCUT2D eigenvalue weighted by Gasteiger charge is 2.48. The Morgan fingerprint density at radius 3 is 2.38 bits per heavy atom. The number of amides is 2. The zero-order chi connectivity index (χ0) is 26.3. The summed E-state index contributed by atoms with van der Waals surface area (Å²) in [4.78, 5) is 35.9. The number of rotatable bonds is 9. The highest BCUT2D eigenvalue weighted by atomic mass is 35.5. The maximum atomic E-state index is 13.7. The number of carbonyl (C=O) groups excluding carboxylic acids is 2. The van der Waals surface area contributed by atoms with Crippen LogP contribution in [0, 0.1) is 31.6 Å². The lowest BCUT2D eigenvalue weighted by Gasteiger charge is -2.27. The molecule has 0 aromatic carbocycles. The van der Waals surface area contributed by atoms with Crippen molar-refractivity contribution < 1.29 is 9.59 Å². The molecular formula is C28H33ClN6O2. The predicted octanol–water partition coefficient (Wildman–Crippen LogP) is 5.36. The SMILES string of the molecule is Cc1cnc(C)c(-c2ccc(NC(=O)[C@@H](NC(=O)c3ccnn3C(C)C)C(C3CC3)C3CC3)nc2Cl)c1. The molecule has 2 amide bonds. The number of nitrogens with zero attached hydrogens (tertiary/aromatic N) is 4. The highest BCUT2D eigenvalue weighted by Crippen LogP contribution is 2.51. The first kappa shape index (κ1) is 25.4. The zero-order valence-electron chi connectivity index (χ0n) is 21.7. The summed E-state index contributed by atoms with van der Waals surface area (Å²) in [5.74, 6) is 0.811. The summed E-state index contributed by atoms with van der Waals surface area (Å²) in [5, 5.41) is 10.6. The van der Waals surface area contributed by atoms with Crippen molar-refractivity contribution in [1.29, 1.82) is 0 Å². The summed E-state index contributed by atoms with van der Waals surface area (Å²) in [7, 11) is 0. The van der Waals surface area contributed by atoms with Crippen LogP contribution in [0.25, 0.3) is 11.1 Å². The number of nitrogens with one attached hydrogen (secondary N) is 2. The third kappa shape index (κ3) is 5.54. The van der Waals surface area contributed by atoms with E-state index >= 15 is 0 Å². The molecule has 37 heavy (non-hydrogen) atoms. The average Bonchev–Trinajstić information content (AvgIpc) is 3.80. The third-order valence-electron chi connectivity index (χ3n) is 7.29. The Kier molecular flexibility index (Phi) is 7.03. The van der Waals surface area contributed by atoms with Crippen LogP contribution in [-0.4, -0.2) is 37.6 Å². The smallest absolute Gasteiger partial charge is 0.270 e. The van der Waals surface area contributed by atoms with Crippen LogP contribution in [-0.2, 0) is 4.79 Å². The molecule has 0 aliphatic heterocycles. The van der Waals surface area contributed by atoms with Crippen LogP contribution in [0.5, 0.6) is 0 Å². The van der Waals surface area contributed by atoms with E-state index in [1.54, 1.807) is 23.0 Å². The molecule has 8 nitrogen and oxygen atoms in total. The summed E-state index contributed by atoms with van der Waals surface area (Å²) in [5.41, 5.74) is 3.99. The van der Waals surface area contributed by atoms with Crippen LogP contribution < -0.4 is 10.6 Å². The van der Waals surface area contributed by atoms with Crippen molar-refractivity contribution in [3.8, 4) is 11.1 Å². The second-order valence-corrected chi connectivity index (χ2v) is 11.0. The van der Waals surface area contributed by atoms with Gasteiger partial charge in [0.25, 0.3) is 5.91 Å². The fourth-order valence-corrected chi connectivity index (χ4v) is 5.42. The third-order valence-corrected chi connectivity index (χ3v) is 7.58. The molecule has 1 atom stereocenters. The second-order valence-electron chi connectivity index (χ2n) is 10.6. The minimum absolute atomic E-state index is 0.0304. The zero-order valence-corrected chi connectivity index (χ0v) is 22.4. The predicted molar refractivity (Wildman–Crippen MR) is 143 cm³/mol. The molecule has 2 saturated carbocycles. The number of pyridine rings is 2. The van der Waals surface area contributed by atoms with Crippen molar-refractivity contribution in [3.63, 3.8) is 0 Å². The van der Waals surface area contributed by atoms with Crippen molar-refractivity contribution in [3.05, 3.63) is 58.8 Å². The monoisotopic (exact) mass is 520 g/mol. The lowest BCUT2D eigenvalue weighted by atomic mass is 9.88. The summed E-state index contributed by atoms with van der Waals surface area (Å²) < 4.78 is 1.68. The first-order valence-electron chi connectivity index (χ1n) is 13.0. The summed E-state index contributed by atoms with van der Waals surface area (Å²) in [6.07, 6.45) is 7.79. The Morgan fingerprint density at radius 1 is 1.05 bits per heavy atom. The van der Waals surface area contributed by atoms with Crippen molar-refractivity contribution in [1.82, 2.24) is 25.1 Å². The van der Waals surface area contributed by atoms with E-state index < -0.39 is 6.04 Å². The van der Waals surface area contributed by atoms with Gasteiger partial charge in [0.1, 0.15) is 22.7 Å². The Bertz CT molecular complexity index is 1320. The molecule has 2 aliphatic carbocycles. The van der Waals surface area contributed by atoms with Gasteiger partial charge in [0.15, 0.2) is 0 Å². The number of aromatic nitrogens is 4. The molecule has 0 bridgehead atoms. The Morgan fingerprint density at radius 2 is 1.76 bits per heavy atom. The van der Waals surface area contributed by atoms with Crippen molar-refractivity contribution >= 4 is 29.2 Å². The molecule has 194 valence electrons. The lowest BCUT2D eigenvalue weighted by molar-refractivity contribution is -0.119. The van der Waals surface area contributed by atoms with Crippen molar-refractivity contribution in [2.45, 2.75) is 65.5 Å². The van der Waals surface area contributed by atoms with Crippen molar-refractivity contribution in [2.24, 2.45) is 17.8 Å². The van der Waals surface area contributed by atoms with E-state index in [0.29, 0.717) is 23.3 Å². The average molecular weight is 521 g/mol. The molecule has 2 N–H and O–H groups in total. The number of halogens is 1. The molecule has 0 unspecified atom stereocenters. The first-order valence-corrected chi connectivity index (χ1v) is 13.4. The van der Waals surface area contributed by atoms with Crippen LogP contribution in [0.2, 0.25) is 5.15 Å². The Balaban J connectivity index is 1.39. The van der Waals surface area contributed by atoms with Gasteiger partial charge in [-0.1, -0.05) is 11.6 Å². The van der Waals surface area contributed by atoms with Gasteiger partial charge in [-0.05, 0) is 101 Å². The molecular weight excluding hydrogens is 488 g/mol. The number of hydrogen-bond donors (Lipinski definition) is 2. The first-order chi connectivity index (χ1) is 17.7.